The highest BCUT2D eigenvalue weighted by Crippen LogP contribution is 2.22. The lowest BCUT2D eigenvalue weighted by Gasteiger charge is -2.10. The van der Waals surface area contributed by atoms with Crippen LogP contribution in [-0.4, -0.2) is 30.9 Å². The highest BCUT2D eigenvalue weighted by Gasteiger charge is 2.20. The molecule has 5 rings (SSSR count). The van der Waals surface area contributed by atoms with Gasteiger partial charge < -0.3 is 9.15 Å². The third kappa shape index (κ3) is 4.74. The van der Waals surface area contributed by atoms with Gasteiger partial charge in [-0.15, -0.1) is 0 Å². The second-order valence-corrected chi connectivity index (χ2v) is 8.70. The number of imidazole rings is 1. The molecule has 0 aliphatic heterocycles. The Morgan fingerprint density at radius 1 is 1.08 bits per heavy atom. The summed E-state index contributed by atoms with van der Waals surface area (Å²) in [6.07, 6.45) is 2.93. The van der Waals surface area contributed by atoms with Gasteiger partial charge in [0.1, 0.15) is 5.75 Å². The van der Waals surface area contributed by atoms with Crippen LogP contribution in [0.3, 0.4) is 0 Å². The maximum Gasteiger partial charge on any atom is 0.379 e. The molecule has 0 fully saturated rings. The predicted molar refractivity (Wildman–Crippen MR) is 142 cm³/mol. The van der Waals surface area contributed by atoms with Crippen molar-refractivity contribution in [1.29, 1.82) is 0 Å². The molecule has 0 atom stereocenters. The van der Waals surface area contributed by atoms with E-state index in [0.717, 1.165) is 10.1 Å². The minimum Gasteiger partial charge on any atom is -0.457 e. The molecular weight excluding hydrogens is 512 g/mol. The maximum absolute atomic E-state index is 13.0. The Hall–Kier alpha value is -4.90. The van der Waals surface area contributed by atoms with Crippen LogP contribution >= 0.6 is 11.6 Å². The van der Waals surface area contributed by atoms with Crippen molar-refractivity contribution in [2.24, 2.45) is 19.2 Å². The number of carbonyl (C=O) groups is 1. The summed E-state index contributed by atoms with van der Waals surface area (Å²) in [6.45, 7) is 0.219. The molecule has 0 aliphatic rings. The molecule has 0 unspecified atom stereocenters. The van der Waals surface area contributed by atoms with Gasteiger partial charge in [-0.25, -0.2) is 15.0 Å². The van der Waals surface area contributed by atoms with Gasteiger partial charge in [0.15, 0.2) is 11.2 Å². The number of furan rings is 1. The van der Waals surface area contributed by atoms with Crippen molar-refractivity contribution in [2.75, 3.05) is 5.43 Å². The minimum absolute atomic E-state index is 0.104. The fraction of sp³-hybridized carbons (Fsp3) is 0.115. The number of nitrogens with one attached hydrogen (secondary N) is 1. The Balaban J connectivity index is 1.43. The van der Waals surface area contributed by atoms with Crippen molar-refractivity contribution in [1.82, 2.24) is 18.7 Å². The molecule has 0 bridgehead atoms. The SMILES string of the molecule is Cn1c(=O)c2c(nc(N/N=C\c3ccc(OC(=O)c4ccco4)cc3)n2Cc2ccccc2Cl)n(C)c1=O. The van der Waals surface area contributed by atoms with Crippen molar-refractivity contribution in [3.63, 3.8) is 0 Å². The molecule has 11 nitrogen and oxygen atoms in total. The van der Waals surface area contributed by atoms with Gasteiger partial charge in [0.25, 0.3) is 5.56 Å². The number of aryl methyl sites for hydroxylation is 1. The van der Waals surface area contributed by atoms with Crippen molar-refractivity contribution >= 4 is 40.9 Å². The molecule has 0 saturated heterocycles. The zero-order valence-corrected chi connectivity index (χ0v) is 21.0. The van der Waals surface area contributed by atoms with Crippen LogP contribution < -0.4 is 21.4 Å². The van der Waals surface area contributed by atoms with E-state index >= 15 is 0 Å². The molecule has 0 saturated carbocycles. The summed E-state index contributed by atoms with van der Waals surface area (Å²) < 4.78 is 14.3. The minimum atomic E-state index is -0.601. The van der Waals surface area contributed by atoms with E-state index in [1.807, 2.05) is 18.2 Å². The summed E-state index contributed by atoms with van der Waals surface area (Å²) in [7, 11) is 2.96. The van der Waals surface area contributed by atoms with Crippen LogP contribution in [0.25, 0.3) is 11.2 Å². The molecule has 3 aromatic heterocycles. The summed E-state index contributed by atoms with van der Waals surface area (Å²) in [5, 5.41) is 4.78. The van der Waals surface area contributed by atoms with Crippen molar-refractivity contribution in [2.45, 2.75) is 6.54 Å². The molecular formula is C26H21ClN6O5. The molecule has 1 N–H and O–H groups in total. The number of ether oxygens (including phenoxy) is 1. The fourth-order valence-corrected chi connectivity index (χ4v) is 4.02. The third-order valence-electron chi connectivity index (χ3n) is 5.83. The number of benzene rings is 2. The summed E-state index contributed by atoms with van der Waals surface area (Å²) in [5.41, 5.74) is 3.79. The fourth-order valence-electron chi connectivity index (χ4n) is 3.82. The van der Waals surface area contributed by atoms with E-state index in [4.69, 9.17) is 20.8 Å². The first-order valence-corrected chi connectivity index (χ1v) is 11.8. The summed E-state index contributed by atoms with van der Waals surface area (Å²) in [5.74, 6) is 0.0937. The number of hydrazone groups is 1. The molecule has 3 heterocycles. The largest absolute Gasteiger partial charge is 0.457 e. The molecule has 0 radical (unpaired) electrons. The van der Waals surface area contributed by atoms with E-state index in [2.05, 4.69) is 15.5 Å². The molecule has 12 heteroatoms. The van der Waals surface area contributed by atoms with E-state index in [1.165, 1.54) is 30.2 Å². The van der Waals surface area contributed by atoms with Crippen LogP contribution in [0.15, 0.2) is 86.0 Å². The lowest BCUT2D eigenvalue weighted by Crippen LogP contribution is -2.37. The lowest BCUT2D eigenvalue weighted by molar-refractivity contribution is 0.0701. The molecule has 0 aliphatic carbocycles. The Bertz CT molecular complexity index is 1780. The first-order chi connectivity index (χ1) is 18.3. The second kappa shape index (κ2) is 10.2. The Morgan fingerprint density at radius 3 is 2.55 bits per heavy atom. The highest BCUT2D eigenvalue weighted by molar-refractivity contribution is 6.31. The van der Waals surface area contributed by atoms with Gasteiger partial charge in [-0.2, -0.15) is 10.1 Å². The molecule has 192 valence electrons. The smallest absolute Gasteiger partial charge is 0.379 e. The summed E-state index contributed by atoms with van der Waals surface area (Å²) in [6, 6.07) is 17.0. The number of hydrogen-bond acceptors (Lipinski definition) is 8. The van der Waals surface area contributed by atoms with E-state index < -0.39 is 17.2 Å². The number of rotatable bonds is 7. The molecule has 2 aromatic carbocycles. The quantitative estimate of drug-likeness (QED) is 0.147. The second-order valence-electron chi connectivity index (χ2n) is 8.30. The van der Waals surface area contributed by atoms with E-state index in [0.29, 0.717) is 16.3 Å². The molecule has 38 heavy (non-hydrogen) atoms. The number of aromatic nitrogens is 4. The number of hydrogen-bond donors (Lipinski definition) is 1. The third-order valence-corrected chi connectivity index (χ3v) is 6.19. The Kier molecular flexibility index (Phi) is 6.67. The maximum atomic E-state index is 13.0. The van der Waals surface area contributed by atoms with Crippen LogP contribution in [0, 0.1) is 0 Å². The van der Waals surface area contributed by atoms with Gasteiger partial charge in [0, 0.05) is 19.1 Å². The van der Waals surface area contributed by atoms with E-state index in [9.17, 15) is 14.4 Å². The number of fused-ring (bicyclic) bond motifs is 1. The van der Waals surface area contributed by atoms with Crippen molar-refractivity contribution in [3.05, 3.63) is 110 Å². The monoisotopic (exact) mass is 532 g/mol. The topological polar surface area (TPSA) is 126 Å². The van der Waals surface area contributed by atoms with Gasteiger partial charge in [0.2, 0.25) is 11.7 Å². The highest BCUT2D eigenvalue weighted by atomic mass is 35.5. The van der Waals surface area contributed by atoms with E-state index in [-0.39, 0.29) is 29.4 Å². The van der Waals surface area contributed by atoms with Crippen LogP contribution in [0.2, 0.25) is 5.02 Å². The number of esters is 1. The van der Waals surface area contributed by atoms with Crippen molar-refractivity contribution in [3.8, 4) is 5.75 Å². The van der Waals surface area contributed by atoms with Gasteiger partial charge in [-0.1, -0.05) is 29.8 Å². The number of carbonyl (C=O) groups excluding carboxylic acids is 1. The van der Waals surface area contributed by atoms with Gasteiger partial charge >= 0.3 is 11.7 Å². The predicted octanol–water partition coefficient (Wildman–Crippen LogP) is 3.39. The Morgan fingerprint density at radius 2 is 1.84 bits per heavy atom. The lowest BCUT2D eigenvalue weighted by atomic mass is 10.2. The van der Waals surface area contributed by atoms with Crippen LogP contribution in [0.5, 0.6) is 5.75 Å². The van der Waals surface area contributed by atoms with E-state index in [1.54, 1.807) is 48.0 Å². The number of halogens is 1. The van der Waals surface area contributed by atoms with Gasteiger partial charge in [0.05, 0.1) is 19.0 Å². The average molecular weight is 533 g/mol. The van der Waals surface area contributed by atoms with Crippen molar-refractivity contribution < 1.29 is 13.9 Å². The average Bonchev–Trinajstić information content (AvgIpc) is 3.58. The van der Waals surface area contributed by atoms with Gasteiger partial charge in [-0.05, 0) is 53.6 Å². The van der Waals surface area contributed by atoms with Gasteiger partial charge in [-0.3, -0.25) is 18.5 Å². The number of nitrogens with zero attached hydrogens (tertiary/aromatic N) is 5. The normalized spacial score (nSPS) is 11.3. The number of anilines is 1. The van der Waals surface area contributed by atoms with Crippen LogP contribution in [-0.2, 0) is 20.6 Å². The summed E-state index contributed by atoms with van der Waals surface area (Å²) in [4.78, 5) is 42.0. The first-order valence-electron chi connectivity index (χ1n) is 11.4. The zero-order valence-electron chi connectivity index (χ0n) is 20.3. The standard InChI is InChI=1S/C26H21ClN6O5/c1-31-22-21(23(34)32(2)26(31)36)33(15-17-6-3-4-7-19(17)27)25(29-22)30-28-14-16-9-11-18(12-10-16)38-24(35)20-8-5-13-37-20/h3-14H,15H2,1-2H3,(H,29,30)/b28-14-. The Labute approximate surface area is 220 Å². The molecule has 0 amide bonds. The zero-order chi connectivity index (χ0) is 26.8. The van der Waals surface area contributed by atoms with Crippen LogP contribution in [0.1, 0.15) is 21.7 Å². The molecule has 0 spiro atoms. The molecule has 5 aromatic rings. The first kappa shape index (κ1) is 24.8. The summed E-state index contributed by atoms with van der Waals surface area (Å²) >= 11 is 6.37. The van der Waals surface area contributed by atoms with Crippen LogP contribution in [0.4, 0.5) is 5.95 Å².